The number of aryl methyl sites for hydroxylation is 1. The van der Waals surface area contributed by atoms with Crippen molar-refractivity contribution in [3.8, 4) is 5.75 Å². The number of carboxylic acids is 1. The first-order valence-electron chi connectivity index (χ1n) is 6.24. The molecule has 1 aromatic heterocycles. The number of hydrogen-bond donors (Lipinski definition) is 3. The van der Waals surface area contributed by atoms with E-state index in [1.165, 1.54) is 11.3 Å². The number of carboxylic acid groups (broad SMARTS) is 1. The predicted molar refractivity (Wildman–Crippen MR) is 78.5 cm³/mol. The van der Waals surface area contributed by atoms with Crippen molar-refractivity contribution in [3.63, 3.8) is 0 Å². The summed E-state index contributed by atoms with van der Waals surface area (Å²) in [6.07, 6.45) is 0.830. The predicted octanol–water partition coefficient (Wildman–Crippen LogP) is 2.44. The number of nitrogens with one attached hydrogen (secondary N) is 1. The molecule has 0 bridgehead atoms. The van der Waals surface area contributed by atoms with Gasteiger partial charge in [-0.05, 0) is 31.0 Å². The highest BCUT2D eigenvalue weighted by atomic mass is 32.1. The fraction of sp³-hybridized carbons (Fsp3) is 0.286. The van der Waals surface area contributed by atoms with Gasteiger partial charge in [0.05, 0.1) is 12.1 Å². The molecular weight excluding hydrogens is 276 g/mol. The van der Waals surface area contributed by atoms with Crippen molar-refractivity contribution in [1.29, 1.82) is 0 Å². The van der Waals surface area contributed by atoms with E-state index in [-0.39, 0.29) is 12.2 Å². The summed E-state index contributed by atoms with van der Waals surface area (Å²) in [5, 5.41) is 21.9. The largest absolute Gasteiger partial charge is 0.508 e. The number of hydrogen-bond acceptors (Lipinski definition) is 5. The smallest absolute Gasteiger partial charge is 0.308 e. The van der Waals surface area contributed by atoms with Crippen molar-refractivity contribution in [2.75, 3.05) is 11.9 Å². The third-order valence-electron chi connectivity index (χ3n) is 2.83. The molecule has 0 atom stereocenters. The van der Waals surface area contributed by atoms with Crippen molar-refractivity contribution in [3.05, 3.63) is 40.4 Å². The van der Waals surface area contributed by atoms with Crippen molar-refractivity contribution in [2.45, 2.75) is 19.8 Å². The number of aromatic nitrogens is 1. The third-order valence-corrected chi connectivity index (χ3v) is 3.95. The SMILES string of the molecule is Cc1nc(NCCc2ccc(O)cc2)sc1CC(=O)O. The first-order valence-corrected chi connectivity index (χ1v) is 7.06. The molecular formula is C14H16N2O3S. The molecule has 0 saturated carbocycles. The van der Waals surface area contributed by atoms with E-state index < -0.39 is 5.97 Å². The Bertz CT molecular complexity index is 593. The quantitative estimate of drug-likeness (QED) is 0.761. The Kier molecular flexibility index (Phi) is 4.57. The van der Waals surface area contributed by atoms with Crippen LogP contribution in [0.2, 0.25) is 0 Å². The topological polar surface area (TPSA) is 82.5 Å². The number of benzene rings is 1. The highest BCUT2D eigenvalue weighted by molar-refractivity contribution is 7.15. The lowest BCUT2D eigenvalue weighted by Crippen LogP contribution is -2.04. The lowest BCUT2D eigenvalue weighted by Gasteiger charge is -2.03. The van der Waals surface area contributed by atoms with Crippen LogP contribution < -0.4 is 5.32 Å². The lowest BCUT2D eigenvalue weighted by molar-refractivity contribution is -0.136. The Morgan fingerprint density at radius 1 is 1.35 bits per heavy atom. The number of thiazole rings is 1. The third kappa shape index (κ3) is 3.96. The number of phenolic OH excluding ortho intramolecular Hbond substituents is 1. The number of aromatic hydroxyl groups is 1. The molecule has 2 rings (SSSR count). The lowest BCUT2D eigenvalue weighted by atomic mass is 10.1. The molecule has 6 heteroatoms. The van der Waals surface area contributed by atoms with Crippen LogP contribution in [0.4, 0.5) is 5.13 Å². The second-order valence-electron chi connectivity index (χ2n) is 4.44. The Morgan fingerprint density at radius 2 is 2.05 bits per heavy atom. The standard InChI is InChI=1S/C14H16N2O3S/c1-9-12(8-13(18)19)20-14(16-9)15-7-6-10-2-4-11(17)5-3-10/h2-5,17H,6-8H2,1H3,(H,15,16)(H,18,19). The van der Waals surface area contributed by atoms with E-state index in [2.05, 4.69) is 10.3 Å². The summed E-state index contributed by atoms with van der Waals surface area (Å²) >= 11 is 1.38. The van der Waals surface area contributed by atoms with Gasteiger partial charge in [0.1, 0.15) is 5.75 Å². The van der Waals surface area contributed by atoms with Crippen LogP contribution in [0.5, 0.6) is 5.75 Å². The van der Waals surface area contributed by atoms with Gasteiger partial charge in [-0.25, -0.2) is 4.98 Å². The molecule has 0 radical (unpaired) electrons. The molecule has 2 aromatic rings. The summed E-state index contributed by atoms with van der Waals surface area (Å²) in [4.78, 5) is 15.8. The number of carbonyl (C=O) groups is 1. The van der Waals surface area contributed by atoms with Crippen LogP contribution in [0, 0.1) is 6.92 Å². The zero-order valence-electron chi connectivity index (χ0n) is 11.1. The average Bonchev–Trinajstić information content (AvgIpc) is 2.72. The van der Waals surface area contributed by atoms with E-state index in [4.69, 9.17) is 5.11 Å². The van der Waals surface area contributed by atoms with Crippen molar-refractivity contribution in [2.24, 2.45) is 0 Å². The maximum absolute atomic E-state index is 10.7. The summed E-state index contributed by atoms with van der Waals surface area (Å²) in [6, 6.07) is 7.07. The first-order chi connectivity index (χ1) is 9.54. The highest BCUT2D eigenvalue weighted by Crippen LogP contribution is 2.23. The second kappa shape index (κ2) is 6.38. The molecule has 0 aliphatic carbocycles. The summed E-state index contributed by atoms with van der Waals surface area (Å²) in [5.74, 6) is -0.581. The Hall–Kier alpha value is -2.08. The molecule has 106 valence electrons. The fourth-order valence-corrected chi connectivity index (χ4v) is 2.76. The van der Waals surface area contributed by atoms with Gasteiger partial charge in [0, 0.05) is 11.4 Å². The maximum Gasteiger partial charge on any atom is 0.308 e. The van der Waals surface area contributed by atoms with Gasteiger partial charge in [-0.1, -0.05) is 12.1 Å². The summed E-state index contributed by atoms with van der Waals surface area (Å²) < 4.78 is 0. The molecule has 1 aromatic carbocycles. The zero-order valence-corrected chi connectivity index (χ0v) is 11.9. The summed E-state index contributed by atoms with van der Waals surface area (Å²) in [7, 11) is 0. The highest BCUT2D eigenvalue weighted by Gasteiger charge is 2.10. The van der Waals surface area contributed by atoms with Gasteiger partial charge >= 0.3 is 5.97 Å². The van der Waals surface area contributed by atoms with E-state index in [1.807, 2.05) is 19.1 Å². The van der Waals surface area contributed by atoms with Gasteiger partial charge in [0.15, 0.2) is 5.13 Å². The molecule has 3 N–H and O–H groups in total. The minimum Gasteiger partial charge on any atom is -0.508 e. The summed E-state index contributed by atoms with van der Waals surface area (Å²) in [5.41, 5.74) is 1.89. The van der Waals surface area contributed by atoms with E-state index in [0.717, 1.165) is 27.7 Å². The van der Waals surface area contributed by atoms with Gasteiger partial charge in [0.2, 0.25) is 0 Å². The molecule has 1 heterocycles. The monoisotopic (exact) mass is 292 g/mol. The Morgan fingerprint density at radius 3 is 2.70 bits per heavy atom. The van der Waals surface area contributed by atoms with Crippen LogP contribution in [0.1, 0.15) is 16.1 Å². The van der Waals surface area contributed by atoms with Gasteiger partial charge in [-0.15, -0.1) is 11.3 Å². The van der Waals surface area contributed by atoms with Crippen LogP contribution in [0.15, 0.2) is 24.3 Å². The normalized spacial score (nSPS) is 10.4. The van der Waals surface area contributed by atoms with Crippen molar-refractivity contribution >= 4 is 22.4 Å². The van der Waals surface area contributed by atoms with Crippen molar-refractivity contribution < 1.29 is 15.0 Å². The number of anilines is 1. The molecule has 0 fully saturated rings. The Labute approximate surface area is 120 Å². The van der Waals surface area contributed by atoms with E-state index in [9.17, 15) is 9.90 Å². The molecule has 0 amide bonds. The zero-order chi connectivity index (χ0) is 14.5. The Balaban J connectivity index is 1.88. The molecule has 5 nitrogen and oxygen atoms in total. The maximum atomic E-state index is 10.7. The minimum atomic E-state index is -0.840. The molecule has 0 aliphatic heterocycles. The van der Waals surface area contributed by atoms with Crippen LogP contribution in [0.3, 0.4) is 0 Å². The van der Waals surface area contributed by atoms with Gasteiger partial charge in [0.25, 0.3) is 0 Å². The van der Waals surface area contributed by atoms with Crippen LogP contribution in [0.25, 0.3) is 0 Å². The molecule has 0 spiro atoms. The number of rotatable bonds is 6. The van der Waals surface area contributed by atoms with Crippen LogP contribution in [-0.4, -0.2) is 27.7 Å². The van der Waals surface area contributed by atoms with E-state index in [0.29, 0.717) is 6.54 Å². The second-order valence-corrected chi connectivity index (χ2v) is 5.52. The minimum absolute atomic E-state index is 0.0170. The fourth-order valence-electron chi connectivity index (χ4n) is 1.78. The van der Waals surface area contributed by atoms with Gasteiger partial charge < -0.3 is 15.5 Å². The van der Waals surface area contributed by atoms with Crippen LogP contribution >= 0.6 is 11.3 Å². The molecule has 0 aliphatic rings. The number of nitrogens with zero attached hydrogens (tertiary/aromatic N) is 1. The molecule has 0 saturated heterocycles. The van der Waals surface area contributed by atoms with E-state index in [1.54, 1.807) is 12.1 Å². The van der Waals surface area contributed by atoms with E-state index >= 15 is 0 Å². The first kappa shape index (κ1) is 14.3. The number of phenols is 1. The average molecular weight is 292 g/mol. The number of aliphatic carboxylic acids is 1. The summed E-state index contributed by atoms with van der Waals surface area (Å²) in [6.45, 7) is 2.53. The van der Waals surface area contributed by atoms with Gasteiger partial charge in [-0.3, -0.25) is 4.79 Å². The molecule has 20 heavy (non-hydrogen) atoms. The molecule has 0 unspecified atom stereocenters. The van der Waals surface area contributed by atoms with Crippen LogP contribution in [-0.2, 0) is 17.6 Å². The van der Waals surface area contributed by atoms with Crippen molar-refractivity contribution in [1.82, 2.24) is 4.98 Å². The van der Waals surface area contributed by atoms with Gasteiger partial charge in [-0.2, -0.15) is 0 Å².